The van der Waals surface area contributed by atoms with Gasteiger partial charge >= 0.3 is 5.97 Å². The molecule has 1 aromatic carbocycles. The Morgan fingerprint density at radius 3 is 2.35 bits per heavy atom. The topological polar surface area (TPSA) is 63.6 Å². The van der Waals surface area contributed by atoms with Gasteiger partial charge in [-0.25, -0.2) is 0 Å². The van der Waals surface area contributed by atoms with Crippen LogP contribution >= 0.6 is 0 Å². The van der Waals surface area contributed by atoms with E-state index in [2.05, 4.69) is 0 Å². The van der Waals surface area contributed by atoms with Crippen LogP contribution < -0.4 is 4.74 Å². The molecule has 0 aromatic heterocycles. The standard InChI is InChI=1S/C13H16O4/c1-9(3-8-13(15)16)17-12-6-4-11(5-7-12)10(2)14/h4-7,9H,3,8H2,1-2H3,(H,15,16). The summed E-state index contributed by atoms with van der Waals surface area (Å²) in [5, 5.41) is 8.53. The maximum atomic E-state index is 11.1. The fourth-order valence-corrected chi connectivity index (χ4v) is 1.39. The van der Waals surface area contributed by atoms with Gasteiger partial charge in [0.1, 0.15) is 5.75 Å². The third-order valence-electron chi connectivity index (χ3n) is 2.36. The van der Waals surface area contributed by atoms with E-state index in [1.54, 1.807) is 24.3 Å². The second-order valence-electron chi connectivity index (χ2n) is 3.94. The lowest BCUT2D eigenvalue weighted by Gasteiger charge is -2.13. The molecule has 0 fully saturated rings. The van der Waals surface area contributed by atoms with Crippen LogP contribution in [0.25, 0.3) is 0 Å². The Kier molecular flexibility index (Phi) is 4.69. The van der Waals surface area contributed by atoms with E-state index in [0.29, 0.717) is 17.7 Å². The van der Waals surface area contributed by atoms with Crippen molar-refractivity contribution in [2.45, 2.75) is 32.8 Å². The number of ether oxygens (including phenoxy) is 1. The molecule has 0 saturated carbocycles. The molecule has 0 aliphatic carbocycles. The normalized spacial score (nSPS) is 11.9. The summed E-state index contributed by atoms with van der Waals surface area (Å²) in [5.41, 5.74) is 0.635. The van der Waals surface area contributed by atoms with E-state index in [-0.39, 0.29) is 18.3 Å². The number of carbonyl (C=O) groups excluding carboxylic acids is 1. The van der Waals surface area contributed by atoms with Crippen molar-refractivity contribution < 1.29 is 19.4 Å². The maximum Gasteiger partial charge on any atom is 0.303 e. The van der Waals surface area contributed by atoms with E-state index in [9.17, 15) is 9.59 Å². The molecule has 0 aliphatic heterocycles. The molecular weight excluding hydrogens is 220 g/mol. The first kappa shape index (κ1) is 13.2. The van der Waals surface area contributed by atoms with Gasteiger partial charge in [-0.15, -0.1) is 0 Å². The van der Waals surface area contributed by atoms with Crippen LogP contribution in [0, 0.1) is 0 Å². The first-order chi connectivity index (χ1) is 7.99. The van der Waals surface area contributed by atoms with Gasteiger partial charge in [0.2, 0.25) is 0 Å². The number of hydrogen-bond donors (Lipinski definition) is 1. The lowest BCUT2D eigenvalue weighted by Crippen LogP contribution is -2.13. The molecule has 0 spiro atoms. The van der Waals surface area contributed by atoms with E-state index >= 15 is 0 Å². The highest BCUT2D eigenvalue weighted by Gasteiger charge is 2.07. The zero-order valence-electron chi connectivity index (χ0n) is 9.97. The zero-order chi connectivity index (χ0) is 12.8. The molecular formula is C13H16O4. The number of ketones is 1. The van der Waals surface area contributed by atoms with Gasteiger partial charge in [-0.1, -0.05) is 0 Å². The van der Waals surface area contributed by atoms with Crippen molar-refractivity contribution >= 4 is 11.8 Å². The smallest absolute Gasteiger partial charge is 0.303 e. The number of aliphatic carboxylic acids is 1. The van der Waals surface area contributed by atoms with E-state index in [1.165, 1.54) is 6.92 Å². The summed E-state index contributed by atoms with van der Waals surface area (Å²) in [5.74, 6) is -0.171. The highest BCUT2D eigenvalue weighted by molar-refractivity contribution is 5.94. The number of carboxylic acid groups (broad SMARTS) is 1. The highest BCUT2D eigenvalue weighted by Crippen LogP contribution is 2.15. The summed E-state index contributed by atoms with van der Waals surface area (Å²) in [6.07, 6.45) is 0.394. The van der Waals surface area contributed by atoms with E-state index < -0.39 is 5.97 Å². The predicted molar refractivity (Wildman–Crippen MR) is 63.4 cm³/mol. The van der Waals surface area contributed by atoms with Crippen LogP contribution in [-0.4, -0.2) is 23.0 Å². The molecule has 0 bridgehead atoms. The molecule has 0 saturated heterocycles. The molecule has 0 heterocycles. The number of benzene rings is 1. The Morgan fingerprint density at radius 2 is 1.88 bits per heavy atom. The first-order valence-electron chi connectivity index (χ1n) is 5.48. The molecule has 1 rings (SSSR count). The monoisotopic (exact) mass is 236 g/mol. The fraction of sp³-hybridized carbons (Fsp3) is 0.385. The number of carboxylic acids is 1. The molecule has 92 valence electrons. The van der Waals surface area contributed by atoms with Crippen LogP contribution in [-0.2, 0) is 4.79 Å². The number of Topliss-reactive ketones (excluding diaryl/α,β-unsaturated/α-hetero) is 1. The molecule has 0 radical (unpaired) electrons. The zero-order valence-corrected chi connectivity index (χ0v) is 9.97. The third kappa shape index (κ3) is 4.68. The number of carbonyl (C=O) groups is 2. The van der Waals surface area contributed by atoms with Gasteiger partial charge in [-0.2, -0.15) is 0 Å². The van der Waals surface area contributed by atoms with Gasteiger partial charge in [-0.3, -0.25) is 9.59 Å². The minimum atomic E-state index is -0.827. The summed E-state index contributed by atoms with van der Waals surface area (Å²) >= 11 is 0. The number of rotatable bonds is 6. The molecule has 1 aromatic rings. The molecule has 17 heavy (non-hydrogen) atoms. The largest absolute Gasteiger partial charge is 0.491 e. The Morgan fingerprint density at radius 1 is 1.29 bits per heavy atom. The van der Waals surface area contributed by atoms with E-state index in [0.717, 1.165) is 0 Å². The Balaban J connectivity index is 2.51. The third-order valence-corrected chi connectivity index (χ3v) is 2.36. The Hall–Kier alpha value is -1.84. The van der Waals surface area contributed by atoms with Gasteiger partial charge in [-0.05, 0) is 44.5 Å². The lowest BCUT2D eigenvalue weighted by atomic mass is 10.1. The van der Waals surface area contributed by atoms with Gasteiger partial charge in [0.25, 0.3) is 0 Å². The number of hydrogen-bond acceptors (Lipinski definition) is 3. The summed E-state index contributed by atoms with van der Waals surface area (Å²) in [6.45, 7) is 3.33. The average molecular weight is 236 g/mol. The van der Waals surface area contributed by atoms with Crippen molar-refractivity contribution in [3.63, 3.8) is 0 Å². The second kappa shape index (κ2) is 6.03. The van der Waals surface area contributed by atoms with E-state index in [4.69, 9.17) is 9.84 Å². The Bertz CT molecular complexity index is 394. The van der Waals surface area contributed by atoms with Gasteiger partial charge in [0.15, 0.2) is 5.78 Å². The van der Waals surface area contributed by atoms with Crippen LogP contribution in [0.2, 0.25) is 0 Å². The fourth-order valence-electron chi connectivity index (χ4n) is 1.39. The average Bonchev–Trinajstić information content (AvgIpc) is 2.27. The van der Waals surface area contributed by atoms with Crippen molar-refractivity contribution in [1.29, 1.82) is 0 Å². The Labute approximate surface area is 100 Å². The summed E-state index contributed by atoms with van der Waals surface area (Å²) < 4.78 is 5.52. The van der Waals surface area contributed by atoms with Crippen LogP contribution in [0.3, 0.4) is 0 Å². The van der Waals surface area contributed by atoms with Crippen molar-refractivity contribution in [3.05, 3.63) is 29.8 Å². The van der Waals surface area contributed by atoms with Crippen molar-refractivity contribution in [2.75, 3.05) is 0 Å². The van der Waals surface area contributed by atoms with Crippen LogP contribution in [0.15, 0.2) is 24.3 Å². The van der Waals surface area contributed by atoms with Crippen molar-refractivity contribution in [3.8, 4) is 5.75 Å². The highest BCUT2D eigenvalue weighted by atomic mass is 16.5. The van der Waals surface area contributed by atoms with Crippen LogP contribution in [0.5, 0.6) is 5.75 Å². The molecule has 0 aliphatic rings. The second-order valence-corrected chi connectivity index (χ2v) is 3.94. The minimum Gasteiger partial charge on any atom is -0.491 e. The maximum absolute atomic E-state index is 11.1. The van der Waals surface area contributed by atoms with Crippen molar-refractivity contribution in [2.24, 2.45) is 0 Å². The molecule has 1 N–H and O–H groups in total. The first-order valence-corrected chi connectivity index (χ1v) is 5.48. The lowest BCUT2D eigenvalue weighted by molar-refractivity contribution is -0.137. The predicted octanol–water partition coefficient (Wildman–Crippen LogP) is 2.52. The van der Waals surface area contributed by atoms with Gasteiger partial charge < -0.3 is 9.84 Å². The molecule has 4 heteroatoms. The molecule has 0 amide bonds. The molecule has 1 unspecified atom stereocenters. The summed E-state index contributed by atoms with van der Waals surface area (Å²) in [7, 11) is 0. The quantitative estimate of drug-likeness (QED) is 0.771. The van der Waals surface area contributed by atoms with Gasteiger partial charge in [0, 0.05) is 12.0 Å². The van der Waals surface area contributed by atoms with E-state index in [1.807, 2.05) is 6.92 Å². The van der Waals surface area contributed by atoms with Crippen molar-refractivity contribution in [1.82, 2.24) is 0 Å². The summed E-state index contributed by atoms with van der Waals surface area (Å²) in [6, 6.07) is 6.82. The molecule has 4 nitrogen and oxygen atoms in total. The SMILES string of the molecule is CC(=O)c1ccc(OC(C)CCC(=O)O)cc1. The molecule has 1 atom stereocenters. The van der Waals surface area contributed by atoms with Gasteiger partial charge in [0.05, 0.1) is 6.10 Å². The minimum absolute atomic E-state index is 0.00970. The van der Waals surface area contributed by atoms with Crippen LogP contribution in [0.4, 0.5) is 0 Å². The van der Waals surface area contributed by atoms with Crippen LogP contribution in [0.1, 0.15) is 37.0 Å². The summed E-state index contributed by atoms with van der Waals surface area (Å²) in [4.78, 5) is 21.4.